The summed E-state index contributed by atoms with van der Waals surface area (Å²) in [6, 6.07) is 12.0. The van der Waals surface area contributed by atoms with Crippen LogP contribution in [0.2, 0.25) is 10.0 Å². The monoisotopic (exact) mass is 450 g/mol. The molecule has 7 heteroatoms. The van der Waals surface area contributed by atoms with E-state index in [1.54, 1.807) is 47.8 Å². The molecule has 0 amide bonds. The molecule has 3 rings (SSSR count). The summed E-state index contributed by atoms with van der Waals surface area (Å²) in [6.07, 6.45) is -2.20. The first-order valence-electron chi connectivity index (χ1n) is 8.77. The lowest BCUT2D eigenvalue weighted by molar-refractivity contribution is -0.123. The van der Waals surface area contributed by atoms with E-state index in [1.807, 2.05) is 6.92 Å². The van der Waals surface area contributed by atoms with Gasteiger partial charge in [-0.15, -0.1) is 11.3 Å². The highest BCUT2D eigenvalue weighted by molar-refractivity contribution is 7.11. The second kappa shape index (κ2) is 9.08. The van der Waals surface area contributed by atoms with Gasteiger partial charge in [-0.3, -0.25) is 4.79 Å². The number of halogens is 3. The molecule has 0 saturated carbocycles. The number of carbonyl (C=O) groups is 2. The van der Waals surface area contributed by atoms with Crippen LogP contribution in [0.15, 0.2) is 47.8 Å². The molecule has 1 heterocycles. The standard InChI is InChI=1S/C22H17Cl2FO3S/c1-12-2-3-14(17(24)8-12)9-18(25)19(26)10-20-21(22(27)28)16(11-29-20)13-4-6-15(23)7-5-13/h2-8,11,18H,9-10H2,1H3,(H,27,28). The van der Waals surface area contributed by atoms with Gasteiger partial charge in [0.05, 0.1) is 5.56 Å². The predicted octanol–water partition coefficient (Wildman–Crippen LogP) is 6.42. The summed E-state index contributed by atoms with van der Waals surface area (Å²) in [5.41, 5.74) is 2.67. The summed E-state index contributed by atoms with van der Waals surface area (Å²) in [7, 11) is 0. The van der Waals surface area contributed by atoms with Crippen LogP contribution >= 0.6 is 34.5 Å². The number of carbonyl (C=O) groups excluding carboxylic acids is 1. The number of carboxylic acids is 1. The van der Waals surface area contributed by atoms with Crippen LogP contribution < -0.4 is 0 Å². The van der Waals surface area contributed by atoms with Gasteiger partial charge in [-0.05, 0) is 47.2 Å². The van der Waals surface area contributed by atoms with Crippen molar-refractivity contribution in [1.29, 1.82) is 0 Å². The second-order valence-electron chi connectivity index (χ2n) is 6.67. The first-order chi connectivity index (χ1) is 13.8. The van der Waals surface area contributed by atoms with Crippen molar-refractivity contribution >= 4 is 46.3 Å². The highest BCUT2D eigenvalue weighted by Gasteiger charge is 2.25. The van der Waals surface area contributed by atoms with Crippen LogP contribution in [0.3, 0.4) is 0 Å². The van der Waals surface area contributed by atoms with Crippen LogP contribution in [0, 0.1) is 6.92 Å². The van der Waals surface area contributed by atoms with E-state index < -0.39 is 17.9 Å². The van der Waals surface area contributed by atoms with Crippen molar-refractivity contribution in [3.05, 3.63) is 79.5 Å². The number of ketones is 1. The van der Waals surface area contributed by atoms with E-state index in [1.165, 1.54) is 0 Å². The van der Waals surface area contributed by atoms with Gasteiger partial charge in [0, 0.05) is 33.3 Å². The molecule has 0 bridgehead atoms. The number of carboxylic acid groups (broad SMARTS) is 1. The van der Waals surface area contributed by atoms with Gasteiger partial charge in [-0.1, -0.05) is 47.5 Å². The lowest BCUT2D eigenvalue weighted by atomic mass is 9.99. The first-order valence-corrected chi connectivity index (χ1v) is 10.4. The Morgan fingerprint density at radius 2 is 1.83 bits per heavy atom. The smallest absolute Gasteiger partial charge is 0.337 e. The molecule has 1 N–H and O–H groups in total. The third kappa shape index (κ3) is 5.04. The van der Waals surface area contributed by atoms with E-state index >= 15 is 0 Å². The molecule has 150 valence electrons. The van der Waals surface area contributed by atoms with Gasteiger partial charge < -0.3 is 5.11 Å². The summed E-state index contributed by atoms with van der Waals surface area (Å²) in [5.74, 6) is -1.83. The van der Waals surface area contributed by atoms with Crippen LogP contribution in [0.4, 0.5) is 4.39 Å². The number of Topliss-reactive ketones (excluding diaryl/α,β-unsaturated/α-hetero) is 1. The zero-order valence-electron chi connectivity index (χ0n) is 15.4. The maximum Gasteiger partial charge on any atom is 0.337 e. The Kier molecular flexibility index (Phi) is 6.73. The lowest BCUT2D eigenvalue weighted by Gasteiger charge is -2.10. The average Bonchev–Trinajstić information content (AvgIpc) is 3.08. The molecule has 0 spiro atoms. The minimum absolute atomic E-state index is 0.0197. The van der Waals surface area contributed by atoms with Crippen LogP contribution in [0.1, 0.15) is 26.4 Å². The number of rotatable bonds is 7. The summed E-state index contributed by atoms with van der Waals surface area (Å²) in [5, 5.41) is 12.3. The molecule has 2 aromatic carbocycles. The average molecular weight is 451 g/mol. The fraction of sp³-hybridized carbons (Fsp3) is 0.182. The first kappa shape index (κ1) is 21.5. The quantitative estimate of drug-likeness (QED) is 0.451. The van der Waals surface area contributed by atoms with E-state index in [4.69, 9.17) is 23.2 Å². The minimum atomic E-state index is -1.77. The summed E-state index contributed by atoms with van der Waals surface area (Å²) in [6.45, 7) is 1.87. The zero-order chi connectivity index (χ0) is 21.1. The Morgan fingerprint density at radius 1 is 1.14 bits per heavy atom. The Labute approximate surface area is 181 Å². The number of thiophene rings is 1. The fourth-order valence-corrected chi connectivity index (χ4v) is 4.49. The Bertz CT molecular complexity index is 1060. The molecule has 3 aromatic rings. The third-order valence-corrected chi connectivity index (χ3v) is 6.12. The summed E-state index contributed by atoms with van der Waals surface area (Å²) < 4.78 is 14.6. The summed E-state index contributed by atoms with van der Waals surface area (Å²) in [4.78, 5) is 24.6. The van der Waals surface area contributed by atoms with Crippen molar-refractivity contribution < 1.29 is 19.1 Å². The van der Waals surface area contributed by atoms with Gasteiger partial charge >= 0.3 is 5.97 Å². The lowest BCUT2D eigenvalue weighted by Crippen LogP contribution is -2.21. The van der Waals surface area contributed by atoms with Gasteiger partial charge in [-0.2, -0.15) is 0 Å². The van der Waals surface area contributed by atoms with E-state index in [0.717, 1.165) is 16.9 Å². The zero-order valence-corrected chi connectivity index (χ0v) is 17.7. The van der Waals surface area contributed by atoms with Crippen molar-refractivity contribution in [1.82, 2.24) is 0 Å². The van der Waals surface area contributed by atoms with E-state index in [-0.39, 0.29) is 18.4 Å². The minimum Gasteiger partial charge on any atom is -0.478 e. The SMILES string of the molecule is Cc1ccc(CC(F)C(=O)Cc2scc(-c3ccc(Cl)cc3)c2C(=O)O)c(Cl)c1. The number of hydrogen-bond acceptors (Lipinski definition) is 3. The Balaban J connectivity index is 1.81. The van der Waals surface area contributed by atoms with Crippen LogP contribution in [0.5, 0.6) is 0 Å². The number of hydrogen-bond donors (Lipinski definition) is 1. The van der Waals surface area contributed by atoms with Gasteiger partial charge in [0.1, 0.15) is 0 Å². The molecule has 0 fully saturated rings. The van der Waals surface area contributed by atoms with Crippen molar-refractivity contribution in [2.75, 3.05) is 0 Å². The predicted molar refractivity (Wildman–Crippen MR) is 115 cm³/mol. The number of aromatic carboxylic acids is 1. The van der Waals surface area contributed by atoms with Gasteiger partial charge in [-0.25, -0.2) is 9.18 Å². The topological polar surface area (TPSA) is 54.4 Å². The molecular formula is C22H17Cl2FO3S. The van der Waals surface area contributed by atoms with E-state index in [0.29, 0.717) is 31.6 Å². The second-order valence-corrected chi connectivity index (χ2v) is 8.48. The molecule has 29 heavy (non-hydrogen) atoms. The molecule has 0 aliphatic carbocycles. The van der Waals surface area contributed by atoms with Crippen LogP contribution in [-0.4, -0.2) is 23.0 Å². The highest BCUT2D eigenvalue weighted by atomic mass is 35.5. The molecule has 1 unspecified atom stereocenters. The van der Waals surface area contributed by atoms with Crippen molar-refractivity contribution in [2.45, 2.75) is 25.9 Å². The third-order valence-electron chi connectivity index (χ3n) is 4.53. The van der Waals surface area contributed by atoms with E-state index in [2.05, 4.69) is 0 Å². The van der Waals surface area contributed by atoms with Gasteiger partial charge in [0.25, 0.3) is 0 Å². The Morgan fingerprint density at radius 3 is 2.45 bits per heavy atom. The van der Waals surface area contributed by atoms with Crippen LogP contribution in [-0.2, 0) is 17.6 Å². The number of benzene rings is 2. The molecule has 0 saturated heterocycles. The number of alkyl halides is 1. The van der Waals surface area contributed by atoms with Gasteiger partial charge in [0.15, 0.2) is 12.0 Å². The molecular weight excluding hydrogens is 434 g/mol. The molecule has 0 radical (unpaired) electrons. The van der Waals surface area contributed by atoms with Crippen molar-refractivity contribution in [3.8, 4) is 11.1 Å². The van der Waals surface area contributed by atoms with Crippen LogP contribution in [0.25, 0.3) is 11.1 Å². The molecule has 0 aliphatic heterocycles. The maximum absolute atomic E-state index is 14.6. The largest absolute Gasteiger partial charge is 0.478 e. The fourth-order valence-electron chi connectivity index (χ4n) is 3.00. The molecule has 1 aromatic heterocycles. The Hall–Kier alpha value is -2.21. The summed E-state index contributed by atoms with van der Waals surface area (Å²) >= 11 is 13.1. The molecule has 1 atom stereocenters. The maximum atomic E-state index is 14.6. The van der Waals surface area contributed by atoms with E-state index in [9.17, 15) is 19.1 Å². The van der Waals surface area contributed by atoms with Gasteiger partial charge in [0.2, 0.25) is 0 Å². The number of aryl methyl sites for hydroxylation is 1. The highest BCUT2D eigenvalue weighted by Crippen LogP contribution is 2.33. The normalized spacial score (nSPS) is 12.0. The molecule has 3 nitrogen and oxygen atoms in total. The van der Waals surface area contributed by atoms with Crippen molar-refractivity contribution in [2.24, 2.45) is 0 Å². The van der Waals surface area contributed by atoms with Crippen molar-refractivity contribution in [3.63, 3.8) is 0 Å². The molecule has 0 aliphatic rings.